The van der Waals surface area contributed by atoms with Gasteiger partial charge in [0.1, 0.15) is 10.7 Å². The Balaban J connectivity index is 3.58. The lowest BCUT2D eigenvalue weighted by molar-refractivity contribution is 0.141. The molecule has 0 bridgehead atoms. The van der Waals surface area contributed by atoms with Crippen molar-refractivity contribution >= 4 is 19.7 Å². The van der Waals surface area contributed by atoms with Gasteiger partial charge in [-0.05, 0) is 24.1 Å². The van der Waals surface area contributed by atoms with Crippen LogP contribution in [0.4, 0.5) is 4.39 Å². The van der Waals surface area contributed by atoms with Gasteiger partial charge in [0, 0.05) is 12.5 Å². The van der Waals surface area contributed by atoms with E-state index in [1.807, 2.05) is 0 Å². The highest BCUT2D eigenvalue weighted by Gasteiger charge is 2.25. The Morgan fingerprint density at radius 1 is 1.16 bits per heavy atom. The minimum absolute atomic E-state index is 0.0564. The first kappa shape index (κ1) is 16.0. The van der Waals surface area contributed by atoms with Crippen molar-refractivity contribution in [1.29, 1.82) is 0 Å². The molecule has 1 rings (SSSR count). The van der Waals surface area contributed by atoms with Crippen molar-refractivity contribution in [2.24, 2.45) is 5.90 Å². The summed E-state index contributed by atoms with van der Waals surface area (Å²) in [6, 6.07) is 2.08. The van der Waals surface area contributed by atoms with E-state index in [0.29, 0.717) is 0 Å². The molecule has 9 heteroatoms. The minimum atomic E-state index is -3.99. The Morgan fingerprint density at radius 2 is 1.74 bits per heavy atom. The SMILES string of the molecule is CS(=O)(=O)c1cc(CCON)cc(F)c1S(C)(=O)=O. The Hall–Kier alpha value is -1.03. The first-order chi connectivity index (χ1) is 8.57. The van der Waals surface area contributed by atoms with Gasteiger partial charge >= 0.3 is 0 Å². The maximum absolute atomic E-state index is 13.8. The summed E-state index contributed by atoms with van der Waals surface area (Å²) in [6.07, 6.45) is 1.74. The van der Waals surface area contributed by atoms with Gasteiger partial charge in [0.2, 0.25) is 0 Å². The monoisotopic (exact) mass is 311 g/mol. The van der Waals surface area contributed by atoms with Gasteiger partial charge in [-0.25, -0.2) is 27.1 Å². The van der Waals surface area contributed by atoms with Crippen LogP contribution in [-0.2, 0) is 30.9 Å². The predicted molar refractivity (Wildman–Crippen MR) is 66.5 cm³/mol. The topological polar surface area (TPSA) is 104 Å². The third-order valence-electron chi connectivity index (χ3n) is 2.35. The van der Waals surface area contributed by atoms with Crippen LogP contribution in [0.1, 0.15) is 5.56 Å². The first-order valence-corrected chi connectivity index (χ1v) is 8.90. The fourth-order valence-corrected chi connectivity index (χ4v) is 4.12. The number of benzene rings is 1. The molecule has 2 N–H and O–H groups in total. The van der Waals surface area contributed by atoms with Crippen LogP contribution in [0.2, 0.25) is 0 Å². The minimum Gasteiger partial charge on any atom is -0.304 e. The highest BCUT2D eigenvalue weighted by molar-refractivity contribution is 7.93. The lowest BCUT2D eigenvalue weighted by Gasteiger charge is -2.10. The lowest BCUT2D eigenvalue weighted by Crippen LogP contribution is -2.12. The Kier molecular flexibility index (Phi) is 4.67. The van der Waals surface area contributed by atoms with Crippen LogP contribution >= 0.6 is 0 Å². The van der Waals surface area contributed by atoms with Crippen molar-refractivity contribution in [1.82, 2.24) is 0 Å². The van der Waals surface area contributed by atoms with E-state index in [-0.39, 0.29) is 18.6 Å². The summed E-state index contributed by atoms with van der Waals surface area (Å²) in [5, 5.41) is 0. The van der Waals surface area contributed by atoms with Crippen molar-refractivity contribution in [3.8, 4) is 0 Å². The zero-order valence-electron chi connectivity index (χ0n) is 10.4. The molecule has 0 amide bonds. The van der Waals surface area contributed by atoms with E-state index < -0.39 is 35.3 Å². The molecule has 0 aliphatic carbocycles. The molecule has 0 fully saturated rings. The highest BCUT2D eigenvalue weighted by Crippen LogP contribution is 2.26. The molecule has 1 aromatic carbocycles. The molecule has 0 atom stereocenters. The summed E-state index contributed by atoms with van der Waals surface area (Å²) in [7, 11) is -7.87. The zero-order chi connectivity index (χ0) is 14.8. The van der Waals surface area contributed by atoms with Crippen molar-refractivity contribution in [3.63, 3.8) is 0 Å². The molecular formula is C10H14FNO5S2. The third kappa shape index (κ3) is 3.96. The summed E-state index contributed by atoms with van der Waals surface area (Å²) < 4.78 is 60.0. The molecule has 0 saturated heterocycles. The van der Waals surface area contributed by atoms with Gasteiger partial charge in [-0.2, -0.15) is 0 Å². The summed E-state index contributed by atoms with van der Waals surface area (Å²) in [6.45, 7) is 0.0564. The van der Waals surface area contributed by atoms with Crippen LogP contribution in [0.3, 0.4) is 0 Å². The molecule has 0 heterocycles. The van der Waals surface area contributed by atoms with Gasteiger partial charge in [-0.15, -0.1) is 0 Å². The number of nitrogens with two attached hydrogens (primary N) is 1. The molecule has 108 valence electrons. The first-order valence-electron chi connectivity index (χ1n) is 5.11. The third-order valence-corrected chi connectivity index (χ3v) is 4.75. The van der Waals surface area contributed by atoms with E-state index >= 15 is 0 Å². The van der Waals surface area contributed by atoms with Gasteiger partial charge in [-0.3, -0.25) is 0 Å². The average molecular weight is 311 g/mol. The van der Waals surface area contributed by atoms with Crippen LogP contribution < -0.4 is 5.90 Å². The molecule has 0 aromatic heterocycles. The highest BCUT2D eigenvalue weighted by atomic mass is 32.2. The molecule has 0 radical (unpaired) electrons. The van der Waals surface area contributed by atoms with Gasteiger partial charge in [0.25, 0.3) is 0 Å². The number of sulfone groups is 2. The zero-order valence-corrected chi connectivity index (χ0v) is 12.0. The summed E-state index contributed by atoms with van der Waals surface area (Å²) >= 11 is 0. The lowest BCUT2D eigenvalue weighted by atomic mass is 10.1. The molecule has 0 aliphatic rings. The van der Waals surface area contributed by atoms with Gasteiger partial charge < -0.3 is 4.84 Å². The predicted octanol–water partition coefficient (Wildman–Crippen LogP) is 0.0655. The number of hydrogen-bond donors (Lipinski definition) is 1. The van der Waals surface area contributed by atoms with Crippen molar-refractivity contribution in [2.45, 2.75) is 16.2 Å². The van der Waals surface area contributed by atoms with Crippen molar-refractivity contribution < 1.29 is 26.1 Å². The van der Waals surface area contributed by atoms with Crippen LogP contribution in [0.5, 0.6) is 0 Å². The Morgan fingerprint density at radius 3 is 2.16 bits per heavy atom. The molecule has 0 spiro atoms. The molecule has 0 unspecified atom stereocenters. The second-order valence-corrected chi connectivity index (χ2v) is 8.01. The second kappa shape index (κ2) is 5.53. The van der Waals surface area contributed by atoms with E-state index in [1.165, 1.54) is 0 Å². The smallest absolute Gasteiger partial charge is 0.179 e. The van der Waals surface area contributed by atoms with Gasteiger partial charge in [0.15, 0.2) is 19.7 Å². The molecule has 1 aromatic rings. The second-order valence-electron chi connectivity index (χ2n) is 4.07. The summed E-state index contributed by atoms with van der Waals surface area (Å²) in [5.74, 6) is 3.73. The van der Waals surface area contributed by atoms with E-state index in [4.69, 9.17) is 5.90 Å². The summed E-state index contributed by atoms with van der Waals surface area (Å²) in [4.78, 5) is 2.95. The molecule has 0 aliphatic heterocycles. The van der Waals surface area contributed by atoms with E-state index in [0.717, 1.165) is 24.6 Å². The average Bonchev–Trinajstić information content (AvgIpc) is 2.22. The molecule has 0 saturated carbocycles. The number of halogens is 1. The van der Waals surface area contributed by atoms with E-state index in [1.54, 1.807) is 0 Å². The maximum Gasteiger partial charge on any atom is 0.179 e. The molecular weight excluding hydrogens is 297 g/mol. The Labute approximate surface area is 111 Å². The van der Waals surface area contributed by atoms with Crippen molar-refractivity contribution in [3.05, 3.63) is 23.5 Å². The van der Waals surface area contributed by atoms with Crippen LogP contribution in [0.15, 0.2) is 21.9 Å². The van der Waals surface area contributed by atoms with Crippen LogP contribution in [0, 0.1) is 5.82 Å². The maximum atomic E-state index is 13.8. The molecule has 6 nitrogen and oxygen atoms in total. The summed E-state index contributed by atoms with van der Waals surface area (Å²) in [5.41, 5.74) is 0.288. The van der Waals surface area contributed by atoms with E-state index in [2.05, 4.69) is 4.84 Å². The van der Waals surface area contributed by atoms with Crippen molar-refractivity contribution in [2.75, 3.05) is 19.1 Å². The van der Waals surface area contributed by atoms with Gasteiger partial charge in [0.05, 0.1) is 11.5 Å². The Bertz CT molecular complexity index is 682. The largest absolute Gasteiger partial charge is 0.304 e. The number of rotatable bonds is 5. The normalized spacial score (nSPS) is 12.6. The van der Waals surface area contributed by atoms with Crippen LogP contribution in [0.25, 0.3) is 0 Å². The fraction of sp³-hybridized carbons (Fsp3) is 0.400. The van der Waals surface area contributed by atoms with Crippen LogP contribution in [-0.4, -0.2) is 36.0 Å². The fourth-order valence-electron chi connectivity index (χ4n) is 1.58. The van der Waals surface area contributed by atoms with Gasteiger partial charge in [-0.1, -0.05) is 0 Å². The van der Waals surface area contributed by atoms with E-state index in [9.17, 15) is 21.2 Å². The quantitative estimate of drug-likeness (QED) is 0.772. The molecule has 19 heavy (non-hydrogen) atoms. The standard InChI is InChI=1S/C10H14FNO5S2/c1-18(13,14)9-6-7(3-4-17-12)5-8(11)10(9)19(2,15)16/h5-6H,3-4,12H2,1-2H3. The number of hydrogen-bond acceptors (Lipinski definition) is 6.